The fourth-order valence-corrected chi connectivity index (χ4v) is 3.04. The number of nitrogens with one attached hydrogen (secondary N) is 4. The van der Waals surface area contributed by atoms with E-state index in [4.69, 9.17) is 10.8 Å². The molecule has 0 rings (SSSR count). The second-order valence-corrected chi connectivity index (χ2v) is 9.88. The van der Waals surface area contributed by atoms with E-state index in [1.807, 2.05) is 41.5 Å². The maximum absolute atomic E-state index is 12.7. The molecule has 0 bridgehead atoms. The highest BCUT2D eigenvalue weighted by Crippen LogP contribution is 2.12. The fourth-order valence-electron chi connectivity index (χ4n) is 3.04. The molecule has 0 aromatic rings. The van der Waals surface area contributed by atoms with Crippen LogP contribution in [0.25, 0.3) is 0 Å². The van der Waals surface area contributed by atoms with Gasteiger partial charge in [0.1, 0.15) is 6.04 Å². The standard InChI is InChI=1S/C22H43N5O6/c1-7-22(5,6)27-14(10-11-17(28)29)19(31)25-15(20(32)33)9-8-12-24-18(30)16(13-23)26-21(2,3)4/h14-16,26-27H,7-13,23H2,1-6H3,(H,24,30)(H,25,31)(H,28,29)(H,32,33)/t14-,15?,16-/m0/s1. The Bertz CT molecular complexity index is 662. The van der Waals surface area contributed by atoms with Crippen molar-refractivity contribution in [3.63, 3.8) is 0 Å². The van der Waals surface area contributed by atoms with Gasteiger partial charge in [-0.2, -0.15) is 0 Å². The first kappa shape index (κ1) is 30.8. The molecule has 2 amide bonds. The Hall–Kier alpha value is -2.24. The van der Waals surface area contributed by atoms with Gasteiger partial charge in [-0.3, -0.25) is 14.4 Å². The van der Waals surface area contributed by atoms with Crippen molar-refractivity contribution in [3.8, 4) is 0 Å². The van der Waals surface area contributed by atoms with Crippen LogP contribution >= 0.6 is 0 Å². The van der Waals surface area contributed by atoms with E-state index in [1.165, 1.54) is 0 Å². The lowest BCUT2D eigenvalue weighted by Crippen LogP contribution is -2.56. The van der Waals surface area contributed by atoms with Crippen molar-refractivity contribution in [3.05, 3.63) is 0 Å². The molecule has 0 aromatic heterocycles. The van der Waals surface area contributed by atoms with E-state index in [0.717, 1.165) is 0 Å². The molecule has 0 fully saturated rings. The SMILES string of the molecule is CCC(C)(C)N[C@@H](CCC(=O)O)C(=O)NC(CCCNC(=O)[C@H](CN)NC(C)(C)C)C(=O)O. The molecule has 3 atom stereocenters. The number of rotatable bonds is 16. The number of amides is 2. The average molecular weight is 474 g/mol. The number of carboxylic acid groups (broad SMARTS) is 2. The molecule has 0 heterocycles. The van der Waals surface area contributed by atoms with Crippen LogP contribution in [0, 0.1) is 0 Å². The number of carboxylic acids is 2. The first-order chi connectivity index (χ1) is 15.1. The van der Waals surface area contributed by atoms with Crippen LogP contribution < -0.4 is 27.0 Å². The predicted octanol–water partition coefficient (Wildman–Crippen LogP) is 0.179. The van der Waals surface area contributed by atoms with E-state index >= 15 is 0 Å². The topological polar surface area (TPSA) is 183 Å². The van der Waals surface area contributed by atoms with Crippen molar-refractivity contribution in [1.82, 2.24) is 21.3 Å². The molecule has 1 unspecified atom stereocenters. The first-order valence-corrected chi connectivity index (χ1v) is 11.4. The highest BCUT2D eigenvalue weighted by molar-refractivity contribution is 5.87. The molecule has 0 radical (unpaired) electrons. The Morgan fingerprint density at radius 3 is 1.94 bits per heavy atom. The minimum Gasteiger partial charge on any atom is -0.481 e. The summed E-state index contributed by atoms with van der Waals surface area (Å²) in [6.45, 7) is 11.8. The van der Waals surface area contributed by atoms with Crippen LogP contribution in [0.15, 0.2) is 0 Å². The second kappa shape index (κ2) is 14.1. The normalized spacial score (nSPS) is 14.8. The zero-order chi connectivity index (χ0) is 25.8. The van der Waals surface area contributed by atoms with Gasteiger partial charge in [0.15, 0.2) is 0 Å². The first-order valence-electron chi connectivity index (χ1n) is 11.4. The van der Waals surface area contributed by atoms with Crippen molar-refractivity contribution in [2.75, 3.05) is 13.1 Å². The third-order valence-electron chi connectivity index (χ3n) is 5.16. The number of hydrogen-bond acceptors (Lipinski definition) is 7. The molecular weight excluding hydrogens is 430 g/mol. The summed E-state index contributed by atoms with van der Waals surface area (Å²) in [7, 11) is 0. The van der Waals surface area contributed by atoms with E-state index in [9.17, 15) is 24.3 Å². The molecule has 0 saturated heterocycles. The third kappa shape index (κ3) is 13.8. The summed E-state index contributed by atoms with van der Waals surface area (Å²) < 4.78 is 0. The lowest BCUT2D eigenvalue weighted by Gasteiger charge is -2.31. The molecule has 0 aliphatic rings. The van der Waals surface area contributed by atoms with Crippen LogP contribution in [0.1, 0.15) is 73.6 Å². The maximum atomic E-state index is 12.7. The van der Waals surface area contributed by atoms with E-state index in [-0.39, 0.29) is 43.8 Å². The van der Waals surface area contributed by atoms with Crippen LogP contribution in [0.3, 0.4) is 0 Å². The van der Waals surface area contributed by atoms with Gasteiger partial charge < -0.3 is 37.2 Å². The maximum Gasteiger partial charge on any atom is 0.326 e. The quantitative estimate of drug-likeness (QED) is 0.154. The molecule has 0 aliphatic carbocycles. The number of carbonyl (C=O) groups is 4. The molecule has 33 heavy (non-hydrogen) atoms. The van der Waals surface area contributed by atoms with Gasteiger partial charge in [-0.05, 0) is 60.3 Å². The minimum absolute atomic E-state index is 0.0360. The fraction of sp³-hybridized carbons (Fsp3) is 0.818. The highest BCUT2D eigenvalue weighted by Gasteiger charge is 2.29. The van der Waals surface area contributed by atoms with Crippen molar-refractivity contribution in [2.24, 2.45) is 5.73 Å². The van der Waals surface area contributed by atoms with Crippen molar-refractivity contribution < 1.29 is 29.4 Å². The Kier molecular flexibility index (Phi) is 13.2. The number of aliphatic carboxylic acids is 2. The molecule has 192 valence electrons. The zero-order valence-corrected chi connectivity index (χ0v) is 20.8. The Labute approximate surface area is 196 Å². The molecule has 0 aliphatic heterocycles. The number of hydrogen-bond donors (Lipinski definition) is 7. The Balaban J connectivity index is 4.90. The second-order valence-electron chi connectivity index (χ2n) is 9.88. The van der Waals surface area contributed by atoms with Gasteiger partial charge in [0.25, 0.3) is 0 Å². The monoisotopic (exact) mass is 473 g/mol. The summed E-state index contributed by atoms with van der Waals surface area (Å²) in [5, 5.41) is 30.0. The van der Waals surface area contributed by atoms with Gasteiger partial charge in [0.2, 0.25) is 11.8 Å². The number of carbonyl (C=O) groups excluding carboxylic acids is 2. The smallest absolute Gasteiger partial charge is 0.326 e. The summed E-state index contributed by atoms with van der Waals surface area (Å²) in [6.07, 6.45) is 0.932. The van der Waals surface area contributed by atoms with Crippen LogP contribution in [-0.2, 0) is 19.2 Å². The van der Waals surface area contributed by atoms with E-state index in [0.29, 0.717) is 12.8 Å². The molecule has 11 heteroatoms. The van der Waals surface area contributed by atoms with Gasteiger partial charge in [-0.25, -0.2) is 4.79 Å². The lowest BCUT2D eigenvalue weighted by atomic mass is 9.98. The van der Waals surface area contributed by atoms with E-state index in [2.05, 4.69) is 21.3 Å². The van der Waals surface area contributed by atoms with Gasteiger partial charge in [0.05, 0.1) is 12.1 Å². The lowest BCUT2D eigenvalue weighted by molar-refractivity contribution is -0.143. The largest absolute Gasteiger partial charge is 0.481 e. The van der Waals surface area contributed by atoms with Crippen LogP contribution in [0.5, 0.6) is 0 Å². The highest BCUT2D eigenvalue weighted by atomic mass is 16.4. The minimum atomic E-state index is -1.20. The van der Waals surface area contributed by atoms with Crippen LogP contribution in [0.4, 0.5) is 0 Å². The molecular formula is C22H43N5O6. The van der Waals surface area contributed by atoms with Crippen LogP contribution in [0.2, 0.25) is 0 Å². The summed E-state index contributed by atoms with van der Waals surface area (Å²) in [5.74, 6) is -3.07. The molecule has 8 N–H and O–H groups in total. The average Bonchev–Trinajstić information content (AvgIpc) is 2.70. The summed E-state index contributed by atoms with van der Waals surface area (Å²) in [4.78, 5) is 47.7. The van der Waals surface area contributed by atoms with E-state index < -0.39 is 41.5 Å². The third-order valence-corrected chi connectivity index (χ3v) is 5.16. The van der Waals surface area contributed by atoms with Gasteiger partial charge in [-0.1, -0.05) is 6.92 Å². The van der Waals surface area contributed by atoms with E-state index in [1.54, 1.807) is 0 Å². The van der Waals surface area contributed by atoms with Gasteiger partial charge >= 0.3 is 11.9 Å². The Morgan fingerprint density at radius 1 is 0.879 bits per heavy atom. The van der Waals surface area contributed by atoms with Crippen molar-refractivity contribution in [1.29, 1.82) is 0 Å². The van der Waals surface area contributed by atoms with Gasteiger partial charge in [-0.15, -0.1) is 0 Å². The molecule has 0 saturated carbocycles. The molecule has 0 aromatic carbocycles. The predicted molar refractivity (Wildman–Crippen MR) is 126 cm³/mol. The molecule has 11 nitrogen and oxygen atoms in total. The van der Waals surface area contributed by atoms with Crippen molar-refractivity contribution in [2.45, 2.75) is 103 Å². The van der Waals surface area contributed by atoms with Crippen molar-refractivity contribution >= 4 is 23.8 Å². The van der Waals surface area contributed by atoms with Gasteiger partial charge in [0, 0.05) is 30.6 Å². The summed E-state index contributed by atoms with van der Waals surface area (Å²) >= 11 is 0. The Morgan fingerprint density at radius 2 is 1.48 bits per heavy atom. The zero-order valence-electron chi connectivity index (χ0n) is 20.8. The summed E-state index contributed by atoms with van der Waals surface area (Å²) in [6, 6.07) is -2.57. The molecule has 0 spiro atoms. The van der Waals surface area contributed by atoms with Crippen LogP contribution in [-0.4, -0.2) is 76.3 Å². The summed E-state index contributed by atoms with van der Waals surface area (Å²) in [5.41, 5.74) is 4.94. The number of nitrogens with two attached hydrogens (primary N) is 1.